The smallest absolute Gasteiger partial charge is 0.434 e. The van der Waals surface area contributed by atoms with Crippen LogP contribution in [0.25, 0.3) is 0 Å². The largest absolute Gasteiger partial charge is 0.491 e. The molecule has 1 aromatic heterocycles. The molecule has 7 nitrogen and oxygen atoms in total. The molecule has 0 unspecified atom stereocenters. The molecule has 1 N–H and O–H groups in total. The summed E-state index contributed by atoms with van der Waals surface area (Å²) in [6.45, 7) is 3.99. The molecule has 1 aromatic carbocycles. The van der Waals surface area contributed by atoms with Crippen LogP contribution in [0.2, 0.25) is 0 Å². The van der Waals surface area contributed by atoms with E-state index in [0.717, 1.165) is 0 Å². The maximum atomic E-state index is 12.9. The van der Waals surface area contributed by atoms with Gasteiger partial charge >= 0.3 is 6.18 Å². The van der Waals surface area contributed by atoms with E-state index < -0.39 is 42.0 Å². The van der Waals surface area contributed by atoms with Crippen molar-refractivity contribution in [3.8, 4) is 5.75 Å². The third-order valence-corrected chi connectivity index (χ3v) is 4.83. The molecule has 2 fully saturated rings. The standard InChI is InChI=1S/C20H22F3N3O4/c1-19(2)29-17-13(25-16-9-24-8-15(26-16)20(21,22)23)10-28-14(18(17)30-19)11-27-12-6-4-3-5-7-12/h3-9,13-14,17-18H,10-11H2,1-2H3,(H,25,26)/t13-,14+,17+,18-/m0/s1. The summed E-state index contributed by atoms with van der Waals surface area (Å²) < 4.78 is 62.5. The van der Waals surface area contributed by atoms with E-state index in [-0.39, 0.29) is 19.0 Å². The van der Waals surface area contributed by atoms with E-state index in [2.05, 4.69) is 15.3 Å². The maximum absolute atomic E-state index is 12.9. The summed E-state index contributed by atoms with van der Waals surface area (Å²) in [6.07, 6.45) is -3.99. The van der Waals surface area contributed by atoms with Crippen molar-refractivity contribution in [3.05, 3.63) is 48.4 Å². The Morgan fingerprint density at radius 3 is 2.60 bits per heavy atom. The number of hydrogen-bond acceptors (Lipinski definition) is 7. The van der Waals surface area contributed by atoms with Crippen molar-refractivity contribution >= 4 is 5.82 Å². The molecule has 10 heteroatoms. The average Bonchev–Trinajstić information content (AvgIpc) is 3.03. The van der Waals surface area contributed by atoms with Gasteiger partial charge in [-0.2, -0.15) is 13.2 Å². The van der Waals surface area contributed by atoms with E-state index in [1.54, 1.807) is 13.8 Å². The molecule has 0 bridgehead atoms. The molecule has 2 saturated heterocycles. The third-order valence-electron chi connectivity index (χ3n) is 4.83. The number of benzene rings is 1. The van der Waals surface area contributed by atoms with Crippen LogP contribution in [0.4, 0.5) is 19.0 Å². The van der Waals surface area contributed by atoms with Crippen LogP contribution >= 0.6 is 0 Å². The van der Waals surface area contributed by atoms with Gasteiger partial charge in [0.05, 0.1) is 25.0 Å². The number of aromatic nitrogens is 2. The van der Waals surface area contributed by atoms with Gasteiger partial charge in [-0.1, -0.05) is 18.2 Å². The van der Waals surface area contributed by atoms with E-state index in [0.29, 0.717) is 11.9 Å². The highest BCUT2D eigenvalue weighted by Crippen LogP contribution is 2.36. The Kier molecular flexibility index (Phi) is 5.56. The molecule has 2 aromatic rings. The van der Waals surface area contributed by atoms with Crippen LogP contribution < -0.4 is 10.1 Å². The molecule has 4 atom stereocenters. The minimum atomic E-state index is -4.58. The second-order valence-electron chi connectivity index (χ2n) is 7.60. The summed E-state index contributed by atoms with van der Waals surface area (Å²) in [7, 11) is 0. The SMILES string of the molecule is CC1(C)O[C@@H]2[C@H](O1)[C@@H](Nc1cncc(C(F)(F)F)n1)CO[C@@H]2COc1ccccc1. The van der Waals surface area contributed by atoms with Crippen molar-refractivity contribution in [3.63, 3.8) is 0 Å². The Bertz CT molecular complexity index is 866. The Morgan fingerprint density at radius 2 is 1.87 bits per heavy atom. The first kappa shape index (κ1) is 20.8. The Hall–Kier alpha value is -2.43. The zero-order valence-electron chi connectivity index (χ0n) is 16.4. The zero-order chi connectivity index (χ0) is 21.4. The number of alkyl halides is 3. The molecule has 0 aliphatic carbocycles. The number of anilines is 1. The number of rotatable bonds is 5. The van der Waals surface area contributed by atoms with Crippen molar-refractivity contribution in [2.75, 3.05) is 18.5 Å². The van der Waals surface area contributed by atoms with Gasteiger partial charge in [0.15, 0.2) is 11.5 Å². The normalized spacial score (nSPS) is 28.0. The lowest BCUT2D eigenvalue weighted by Crippen LogP contribution is -2.55. The second-order valence-corrected chi connectivity index (χ2v) is 7.60. The molecule has 2 aliphatic rings. The summed E-state index contributed by atoms with van der Waals surface area (Å²) >= 11 is 0. The summed E-state index contributed by atoms with van der Waals surface area (Å²) in [5.41, 5.74) is -1.07. The first-order valence-electron chi connectivity index (χ1n) is 9.52. The van der Waals surface area contributed by atoms with Gasteiger partial charge in [0.2, 0.25) is 0 Å². The molecule has 3 heterocycles. The summed E-state index contributed by atoms with van der Waals surface area (Å²) in [4.78, 5) is 7.24. The van der Waals surface area contributed by atoms with Gasteiger partial charge in [0, 0.05) is 0 Å². The lowest BCUT2D eigenvalue weighted by Gasteiger charge is -2.37. The summed E-state index contributed by atoms with van der Waals surface area (Å²) in [6, 6.07) is 8.84. The molecular formula is C20H22F3N3O4. The predicted octanol–water partition coefficient (Wildman–Crippen LogP) is 3.27. The van der Waals surface area contributed by atoms with Gasteiger partial charge in [0.25, 0.3) is 0 Å². The highest BCUT2D eigenvalue weighted by atomic mass is 19.4. The maximum Gasteiger partial charge on any atom is 0.434 e. The third kappa shape index (κ3) is 4.66. The number of fused-ring (bicyclic) bond motifs is 1. The van der Waals surface area contributed by atoms with Crippen molar-refractivity contribution < 1.29 is 32.1 Å². The van der Waals surface area contributed by atoms with E-state index in [1.165, 1.54) is 6.20 Å². The first-order valence-corrected chi connectivity index (χ1v) is 9.52. The van der Waals surface area contributed by atoms with Gasteiger partial charge in [-0.15, -0.1) is 0 Å². The first-order chi connectivity index (χ1) is 14.2. The second kappa shape index (κ2) is 8.01. The van der Waals surface area contributed by atoms with Crippen LogP contribution in [0.5, 0.6) is 5.75 Å². The fraction of sp³-hybridized carbons (Fsp3) is 0.500. The van der Waals surface area contributed by atoms with Gasteiger partial charge < -0.3 is 24.3 Å². The van der Waals surface area contributed by atoms with Gasteiger partial charge in [-0.05, 0) is 26.0 Å². The molecule has 162 valence electrons. The Labute approximate surface area is 171 Å². The van der Waals surface area contributed by atoms with Crippen LogP contribution in [0.15, 0.2) is 42.7 Å². The van der Waals surface area contributed by atoms with Crippen molar-refractivity contribution in [1.82, 2.24) is 9.97 Å². The van der Waals surface area contributed by atoms with E-state index in [4.69, 9.17) is 18.9 Å². The fourth-order valence-electron chi connectivity index (χ4n) is 3.56. The van der Waals surface area contributed by atoms with E-state index in [1.807, 2.05) is 30.3 Å². The molecule has 30 heavy (non-hydrogen) atoms. The fourth-order valence-corrected chi connectivity index (χ4v) is 3.56. The number of halogens is 3. The minimum absolute atomic E-state index is 0.00975. The Balaban J connectivity index is 1.47. The van der Waals surface area contributed by atoms with Crippen LogP contribution in [0, 0.1) is 0 Å². The molecular weight excluding hydrogens is 403 g/mol. The van der Waals surface area contributed by atoms with Crippen molar-refractivity contribution in [2.24, 2.45) is 0 Å². The molecule has 0 amide bonds. The van der Waals surface area contributed by atoms with E-state index >= 15 is 0 Å². The molecule has 0 saturated carbocycles. The lowest BCUT2D eigenvalue weighted by atomic mass is 9.98. The van der Waals surface area contributed by atoms with Crippen LogP contribution in [0.3, 0.4) is 0 Å². The van der Waals surface area contributed by atoms with Crippen LogP contribution in [-0.4, -0.2) is 53.3 Å². The van der Waals surface area contributed by atoms with Crippen LogP contribution in [-0.2, 0) is 20.4 Å². The van der Waals surface area contributed by atoms with Gasteiger partial charge in [0.1, 0.15) is 36.5 Å². The predicted molar refractivity (Wildman–Crippen MR) is 99.9 cm³/mol. The van der Waals surface area contributed by atoms with E-state index in [9.17, 15) is 13.2 Å². The summed E-state index contributed by atoms with van der Waals surface area (Å²) in [5.74, 6) is -0.173. The summed E-state index contributed by atoms with van der Waals surface area (Å²) in [5, 5.41) is 2.95. The Morgan fingerprint density at radius 1 is 1.13 bits per heavy atom. The lowest BCUT2D eigenvalue weighted by molar-refractivity contribution is -0.156. The highest BCUT2D eigenvalue weighted by molar-refractivity contribution is 5.35. The van der Waals surface area contributed by atoms with Crippen LogP contribution in [0.1, 0.15) is 19.5 Å². The van der Waals surface area contributed by atoms with Gasteiger partial charge in [-0.25, -0.2) is 4.98 Å². The minimum Gasteiger partial charge on any atom is -0.491 e. The monoisotopic (exact) mass is 425 g/mol. The number of nitrogens with zero attached hydrogens (tertiary/aromatic N) is 2. The molecule has 4 rings (SSSR count). The highest BCUT2D eigenvalue weighted by Gasteiger charge is 2.52. The van der Waals surface area contributed by atoms with Crippen molar-refractivity contribution in [1.29, 1.82) is 0 Å². The van der Waals surface area contributed by atoms with Gasteiger partial charge in [-0.3, -0.25) is 4.98 Å². The topological polar surface area (TPSA) is 74.7 Å². The molecule has 2 aliphatic heterocycles. The average molecular weight is 425 g/mol. The zero-order valence-corrected chi connectivity index (χ0v) is 16.4. The number of para-hydroxylation sites is 1. The number of nitrogens with one attached hydrogen (secondary N) is 1. The molecule has 0 radical (unpaired) electrons. The number of ether oxygens (including phenoxy) is 4. The van der Waals surface area contributed by atoms with Crippen molar-refractivity contribution in [2.45, 2.75) is 50.2 Å². The molecule has 0 spiro atoms. The quantitative estimate of drug-likeness (QED) is 0.788. The number of hydrogen-bond donors (Lipinski definition) is 1.